The molecule has 1 rings (SSSR count). The van der Waals surface area contributed by atoms with Gasteiger partial charge in [0.1, 0.15) is 0 Å². The lowest BCUT2D eigenvalue weighted by atomic mass is 9.83. The monoisotopic (exact) mass is 212 g/mol. The van der Waals surface area contributed by atoms with Gasteiger partial charge in [-0.25, -0.2) is 0 Å². The molecule has 0 saturated heterocycles. The van der Waals surface area contributed by atoms with Crippen LogP contribution in [0.2, 0.25) is 0 Å². The summed E-state index contributed by atoms with van der Waals surface area (Å²) < 4.78 is 4.52. The molecule has 2 N–H and O–H groups in total. The average Bonchev–Trinajstić information content (AvgIpc) is 2.27. The molecule has 1 aromatic heterocycles. The Morgan fingerprint density at radius 3 is 1.93 bits per heavy atom. The van der Waals surface area contributed by atoms with Gasteiger partial charge >= 0.3 is 0 Å². The molecule has 0 fully saturated rings. The Morgan fingerprint density at radius 1 is 1.14 bits per heavy atom. The van der Waals surface area contributed by atoms with E-state index in [1.807, 2.05) is 13.8 Å². The minimum atomic E-state index is -0.292. The van der Waals surface area contributed by atoms with E-state index in [2.05, 4.69) is 32.1 Å². The van der Waals surface area contributed by atoms with Crippen LogP contribution in [-0.2, 0) is 11.0 Å². The first-order valence-electron chi connectivity index (χ1n) is 4.90. The summed E-state index contributed by atoms with van der Waals surface area (Å²) in [5.74, 6) is 0. The average molecular weight is 212 g/mol. The lowest BCUT2D eigenvalue weighted by Crippen LogP contribution is -2.32. The number of hydrogen-bond donors (Lipinski definition) is 1. The summed E-state index contributed by atoms with van der Waals surface area (Å²) in [5, 5.41) is 0. The van der Waals surface area contributed by atoms with Crippen molar-refractivity contribution in [2.24, 2.45) is 5.73 Å². The second kappa shape index (κ2) is 3.31. The van der Waals surface area contributed by atoms with E-state index in [0.29, 0.717) is 0 Å². The molecule has 1 heterocycles. The minimum absolute atomic E-state index is 0.0801. The van der Waals surface area contributed by atoms with Gasteiger partial charge in [-0.1, -0.05) is 20.8 Å². The van der Waals surface area contributed by atoms with Crippen LogP contribution in [0.3, 0.4) is 0 Å². The molecular formula is C11H20N2S. The third-order valence-corrected chi connectivity index (χ3v) is 2.97. The fourth-order valence-electron chi connectivity index (χ4n) is 1.64. The number of aromatic nitrogens is 1. The molecule has 0 aliphatic heterocycles. The summed E-state index contributed by atoms with van der Waals surface area (Å²) in [5.41, 5.74) is 8.32. The standard InChI is InChI=1S/C11H20N2S/c1-7-8(11(5,6)12)9(13-14-7)10(2,3)4/h12H2,1-6H3. The summed E-state index contributed by atoms with van der Waals surface area (Å²) in [7, 11) is 0. The van der Waals surface area contributed by atoms with E-state index in [9.17, 15) is 0 Å². The summed E-state index contributed by atoms with van der Waals surface area (Å²) in [6.07, 6.45) is 0. The molecule has 80 valence electrons. The van der Waals surface area contributed by atoms with Crippen LogP contribution >= 0.6 is 11.5 Å². The largest absolute Gasteiger partial charge is 0.322 e. The van der Waals surface area contributed by atoms with Crippen molar-refractivity contribution in [1.29, 1.82) is 0 Å². The van der Waals surface area contributed by atoms with E-state index in [4.69, 9.17) is 5.73 Å². The Kier molecular flexibility index (Phi) is 2.76. The van der Waals surface area contributed by atoms with Crippen molar-refractivity contribution in [1.82, 2.24) is 4.37 Å². The van der Waals surface area contributed by atoms with E-state index in [1.54, 1.807) is 11.5 Å². The van der Waals surface area contributed by atoms with Crippen LogP contribution in [-0.4, -0.2) is 4.37 Å². The molecule has 0 amide bonds. The highest BCUT2D eigenvalue weighted by atomic mass is 32.1. The molecule has 3 heteroatoms. The van der Waals surface area contributed by atoms with Gasteiger partial charge in [0.25, 0.3) is 0 Å². The molecule has 0 aromatic carbocycles. The summed E-state index contributed by atoms with van der Waals surface area (Å²) in [6, 6.07) is 0. The van der Waals surface area contributed by atoms with Crippen LogP contribution in [0.1, 0.15) is 50.8 Å². The fraction of sp³-hybridized carbons (Fsp3) is 0.727. The molecule has 2 nitrogen and oxygen atoms in total. The first-order valence-corrected chi connectivity index (χ1v) is 5.67. The first kappa shape index (κ1) is 11.7. The molecule has 1 aromatic rings. The van der Waals surface area contributed by atoms with Gasteiger partial charge in [0.2, 0.25) is 0 Å². The second-order valence-corrected chi connectivity index (χ2v) is 6.41. The lowest BCUT2D eigenvalue weighted by Gasteiger charge is -2.25. The van der Waals surface area contributed by atoms with Crippen molar-refractivity contribution in [3.05, 3.63) is 16.1 Å². The molecule has 0 radical (unpaired) electrons. The van der Waals surface area contributed by atoms with E-state index < -0.39 is 0 Å². The third kappa shape index (κ3) is 2.15. The highest BCUT2D eigenvalue weighted by molar-refractivity contribution is 7.05. The van der Waals surface area contributed by atoms with Gasteiger partial charge in [0.15, 0.2) is 0 Å². The molecule has 0 aliphatic carbocycles. The quantitative estimate of drug-likeness (QED) is 0.777. The zero-order chi connectivity index (χ0) is 11.1. The van der Waals surface area contributed by atoms with E-state index in [1.165, 1.54) is 10.4 Å². The van der Waals surface area contributed by atoms with Gasteiger partial charge in [-0.15, -0.1) is 0 Å². The predicted molar refractivity (Wildman–Crippen MR) is 62.8 cm³/mol. The Hall–Kier alpha value is -0.410. The maximum atomic E-state index is 6.17. The highest BCUT2D eigenvalue weighted by Gasteiger charge is 2.29. The smallest absolute Gasteiger partial charge is 0.0648 e. The maximum Gasteiger partial charge on any atom is 0.0648 e. The van der Waals surface area contributed by atoms with Crippen molar-refractivity contribution < 1.29 is 0 Å². The first-order chi connectivity index (χ1) is 6.14. The van der Waals surface area contributed by atoms with Gasteiger partial charge in [-0.3, -0.25) is 0 Å². The number of nitrogens with zero attached hydrogens (tertiary/aromatic N) is 1. The molecule has 0 unspecified atom stereocenters. The molecule has 0 aliphatic rings. The Bertz CT molecular complexity index is 326. The number of aryl methyl sites for hydroxylation is 1. The van der Waals surface area contributed by atoms with Crippen molar-refractivity contribution in [2.45, 2.75) is 52.5 Å². The molecule has 14 heavy (non-hydrogen) atoms. The Morgan fingerprint density at radius 2 is 1.64 bits per heavy atom. The van der Waals surface area contributed by atoms with Crippen LogP contribution < -0.4 is 5.73 Å². The summed E-state index contributed by atoms with van der Waals surface area (Å²) >= 11 is 1.55. The second-order valence-electron chi connectivity index (χ2n) is 5.43. The Balaban J connectivity index is 3.35. The molecule has 0 spiro atoms. The van der Waals surface area contributed by atoms with Crippen LogP contribution in [0.4, 0.5) is 0 Å². The summed E-state index contributed by atoms with van der Waals surface area (Å²) in [6.45, 7) is 12.7. The van der Waals surface area contributed by atoms with E-state index >= 15 is 0 Å². The van der Waals surface area contributed by atoms with Gasteiger partial charge in [0.05, 0.1) is 5.69 Å². The van der Waals surface area contributed by atoms with Crippen molar-refractivity contribution >= 4 is 11.5 Å². The number of hydrogen-bond acceptors (Lipinski definition) is 3. The van der Waals surface area contributed by atoms with E-state index in [0.717, 1.165) is 5.69 Å². The Labute approximate surface area is 90.7 Å². The normalized spacial score (nSPS) is 13.4. The number of rotatable bonds is 1. The van der Waals surface area contributed by atoms with Crippen LogP contribution in [0, 0.1) is 6.92 Å². The lowest BCUT2D eigenvalue weighted by molar-refractivity contribution is 0.503. The molecular weight excluding hydrogens is 192 g/mol. The van der Waals surface area contributed by atoms with Crippen LogP contribution in [0.15, 0.2) is 0 Å². The topological polar surface area (TPSA) is 38.9 Å². The third-order valence-electron chi connectivity index (χ3n) is 2.22. The highest BCUT2D eigenvalue weighted by Crippen LogP contribution is 2.34. The van der Waals surface area contributed by atoms with Crippen LogP contribution in [0.5, 0.6) is 0 Å². The van der Waals surface area contributed by atoms with Crippen molar-refractivity contribution in [3.8, 4) is 0 Å². The van der Waals surface area contributed by atoms with E-state index in [-0.39, 0.29) is 11.0 Å². The van der Waals surface area contributed by atoms with Gasteiger partial charge in [-0.05, 0) is 32.3 Å². The van der Waals surface area contributed by atoms with Gasteiger partial charge < -0.3 is 5.73 Å². The van der Waals surface area contributed by atoms with Gasteiger partial charge in [-0.2, -0.15) is 4.37 Å². The zero-order valence-electron chi connectivity index (χ0n) is 9.93. The molecule has 0 saturated carbocycles. The molecule has 0 atom stereocenters. The van der Waals surface area contributed by atoms with Gasteiger partial charge in [0, 0.05) is 21.4 Å². The predicted octanol–water partition coefficient (Wildman–Crippen LogP) is 2.94. The van der Waals surface area contributed by atoms with Crippen LogP contribution in [0.25, 0.3) is 0 Å². The fourth-order valence-corrected chi connectivity index (χ4v) is 2.69. The van der Waals surface area contributed by atoms with Crippen molar-refractivity contribution in [2.75, 3.05) is 0 Å². The molecule has 0 bridgehead atoms. The minimum Gasteiger partial charge on any atom is -0.322 e. The number of nitrogens with two attached hydrogens (primary N) is 1. The SMILES string of the molecule is Cc1snc(C(C)(C)C)c1C(C)(C)N. The van der Waals surface area contributed by atoms with Crippen molar-refractivity contribution in [3.63, 3.8) is 0 Å². The maximum absolute atomic E-state index is 6.17. The zero-order valence-corrected chi connectivity index (χ0v) is 10.7. The summed E-state index contributed by atoms with van der Waals surface area (Å²) in [4.78, 5) is 1.24.